The van der Waals surface area contributed by atoms with E-state index in [0.717, 1.165) is 14.9 Å². The van der Waals surface area contributed by atoms with Crippen LogP contribution in [0.5, 0.6) is 0 Å². The summed E-state index contributed by atoms with van der Waals surface area (Å²) in [5, 5.41) is 21.2. The summed E-state index contributed by atoms with van der Waals surface area (Å²) in [6, 6.07) is 3.81. The molecule has 0 bridgehead atoms. The predicted molar refractivity (Wildman–Crippen MR) is 76.7 cm³/mol. The van der Waals surface area contributed by atoms with Gasteiger partial charge in [-0.3, -0.25) is 0 Å². The molecule has 2 rings (SSSR count). The lowest BCUT2D eigenvalue weighted by atomic mass is 10.2. The van der Waals surface area contributed by atoms with Gasteiger partial charge in [-0.25, -0.2) is 9.59 Å². The lowest BCUT2D eigenvalue weighted by Gasteiger charge is -2.21. The average molecular weight is 343 g/mol. The fraction of sp³-hybridized carbons (Fsp3) is 0.385. The van der Waals surface area contributed by atoms with E-state index in [2.05, 4.69) is 21.2 Å². The maximum atomic E-state index is 12.1. The monoisotopic (exact) mass is 342 g/mol. The fourth-order valence-electron chi connectivity index (χ4n) is 2.14. The zero-order valence-electron chi connectivity index (χ0n) is 10.8. The van der Waals surface area contributed by atoms with Crippen LogP contribution in [0, 0.1) is 6.92 Å². The number of aliphatic carboxylic acids is 1. The number of nitrogens with zero attached hydrogens (tertiary/aromatic N) is 1. The smallest absolute Gasteiger partial charge is 0.326 e. The molecule has 6 nitrogen and oxygen atoms in total. The molecule has 7 heteroatoms. The number of urea groups is 1. The van der Waals surface area contributed by atoms with Crippen molar-refractivity contribution in [2.45, 2.75) is 25.5 Å². The van der Waals surface area contributed by atoms with Crippen LogP contribution in [-0.4, -0.2) is 45.8 Å². The molecule has 2 amide bonds. The maximum Gasteiger partial charge on any atom is 0.326 e. The van der Waals surface area contributed by atoms with Crippen LogP contribution in [0.1, 0.15) is 12.0 Å². The Morgan fingerprint density at radius 2 is 2.15 bits per heavy atom. The van der Waals surface area contributed by atoms with Gasteiger partial charge in [-0.2, -0.15) is 0 Å². The van der Waals surface area contributed by atoms with E-state index in [1.807, 2.05) is 13.0 Å². The molecule has 0 saturated carbocycles. The number of carboxylic acids is 1. The summed E-state index contributed by atoms with van der Waals surface area (Å²) >= 11 is 3.37. The van der Waals surface area contributed by atoms with Crippen molar-refractivity contribution >= 4 is 33.6 Å². The van der Waals surface area contributed by atoms with Crippen molar-refractivity contribution in [3.8, 4) is 0 Å². The van der Waals surface area contributed by atoms with E-state index in [9.17, 15) is 14.7 Å². The molecule has 20 heavy (non-hydrogen) atoms. The largest absolute Gasteiger partial charge is 0.480 e. The van der Waals surface area contributed by atoms with E-state index in [-0.39, 0.29) is 13.0 Å². The SMILES string of the molecule is Cc1ccc(NC(=O)N2C[C@H](O)C[C@@H]2C(=O)O)cc1Br. The molecule has 0 unspecified atom stereocenters. The third kappa shape index (κ3) is 3.10. The number of hydrogen-bond acceptors (Lipinski definition) is 3. The molecule has 1 aliphatic heterocycles. The van der Waals surface area contributed by atoms with E-state index in [0.29, 0.717) is 5.69 Å². The van der Waals surface area contributed by atoms with Gasteiger partial charge in [0.25, 0.3) is 0 Å². The molecule has 0 aromatic heterocycles. The van der Waals surface area contributed by atoms with Gasteiger partial charge >= 0.3 is 12.0 Å². The normalized spacial score (nSPS) is 21.9. The van der Waals surface area contributed by atoms with E-state index in [1.165, 1.54) is 0 Å². The fourth-order valence-corrected chi connectivity index (χ4v) is 2.52. The number of benzene rings is 1. The van der Waals surface area contributed by atoms with Gasteiger partial charge < -0.3 is 20.4 Å². The summed E-state index contributed by atoms with van der Waals surface area (Å²) < 4.78 is 0.853. The number of carboxylic acid groups (broad SMARTS) is 1. The van der Waals surface area contributed by atoms with E-state index in [4.69, 9.17) is 5.11 Å². The van der Waals surface area contributed by atoms with Crippen LogP contribution in [0.25, 0.3) is 0 Å². The molecule has 108 valence electrons. The molecule has 1 fully saturated rings. The first-order valence-corrected chi connectivity index (χ1v) is 6.92. The molecule has 1 aliphatic rings. The first kappa shape index (κ1) is 14.8. The van der Waals surface area contributed by atoms with Crippen molar-refractivity contribution in [1.82, 2.24) is 4.90 Å². The number of halogens is 1. The van der Waals surface area contributed by atoms with Crippen molar-refractivity contribution in [2.24, 2.45) is 0 Å². The number of carbonyl (C=O) groups excluding carboxylic acids is 1. The number of aliphatic hydroxyl groups excluding tert-OH is 1. The first-order valence-electron chi connectivity index (χ1n) is 6.13. The molecule has 1 saturated heterocycles. The third-order valence-corrected chi connectivity index (χ3v) is 4.10. The highest BCUT2D eigenvalue weighted by Gasteiger charge is 2.38. The van der Waals surface area contributed by atoms with Crippen LogP contribution in [-0.2, 0) is 4.79 Å². The molecule has 0 radical (unpaired) electrons. The lowest BCUT2D eigenvalue weighted by molar-refractivity contribution is -0.141. The van der Waals surface area contributed by atoms with Crippen molar-refractivity contribution in [1.29, 1.82) is 0 Å². The number of aryl methyl sites for hydroxylation is 1. The van der Waals surface area contributed by atoms with E-state index >= 15 is 0 Å². The summed E-state index contributed by atoms with van der Waals surface area (Å²) in [6.07, 6.45) is -0.744. The Labute approximate surface area is 124 Å². The second-order valence-electron chi connectivity index (χ2n) is 4.79. The molecule has 0 aliphatic carbocycles. The van der Waals surface area contributed by atoms with Crippen molar-refractivity contribution in [3.63, 3.8) is 0 Å². The summed E-state index contributed by atoms with van der Waals surface area (Å²) in [6.45, 7) is 1.95. The lowest BCUT2D eigenvalue weighted by Crippen LogP contribution is -2.43. The number of anilines is 1. The Morgan fingerprint density at radius 3 is 2.75 bits per heavy atom. The van der Waals surface area contributed by atoms with Crippen molar-refractivity contribution in [2.75, 3.05) is 11.9 Å². The predicted octanol–water partition coefficient (Wildman–Crippen LogP) is 1.81. The molecule has 0 spiro atoms. The van der Waals surface area contributed by atoms with Crippen molar-refractivity contribution < 1.29 is 19.8 Å². The highest BCUT2D eigenvalue weighted by molar-refractivity contribution is 9.10. The van der Waals surface area contributed by atoms with Gasteiger partial charge in [-0.1, -0.05) is 22.0 Å². The molecular weight excluding hydrogens is 328 g/mol. The van der Waals surface area contributed by atoms with Crippen LogP contribution >= 0.6 is 15.9 Å². The Kier molecular flexibility index (Phi) is 4.29. The minimum Gasteiger partial charge on any atom is -0.480 e. The van der Waals surface area contributed by atoms with Crippen LogP contribution in [0.4, 0.5) is 10.5 Å². The Balaban J connectivity index is 2.11. The summed E-state index contributed by atoms with van der Waals surface area (Å²) in [5.74, 6) is -1.11. The average Bonchev–Trinajstić information content (AvgIpc) is 2.76. The van der Waals surface area contributed by atoms with Crippen LogP contribution in [0.2, 0.25) is 0 Å². The highest BCUT2D eigenvalue weighted by atomic mass is 79.9. The number of rotatable bonds is 2. The molecule has 2 atom stereocenters. The Hall–Kier alpha value is -1.60. The molecule has 1 aromatic rings. The van der Waals surface area contributed by atoms with Gasteiger partial charge in [0.2, 0.25) is 0 Å². The van der Waals surface area contributed by atoms with Gasteiger partial charge in [0.15, 0.2) is 0 Å². The second-order valence-corrected chi connectivity index (χ2v) is 5.64. The Bertz CT molecular complexity index is 549. The summed E-state index contributed by atoms with van der Waals surface area (Å²) in [7, 11) is 0. The molecule has 1 aromatic carbocycles. The number of carbonyl (C=O) groups is 2. The zero-order chi connectivity index (χ0) is 14.9. The van der Waals surface area contributed by atoms with Gasteiger partial charge in [0.1, 0.15) is 6.04 Å². The van der Waals surface area contributed by atoms with Gasteiger partial charge in [0.05, 0.1) is 6.10 Å². The minimum absolute atomic E-state index is 0.0236. The summed E-state index contributed by atoms with van der Waals surface area (Å²) in [5.41, 5.74) is 1.60. The number of amides is 2. The van der Waals surface area contributed by atoms with Crippen LogP contribution in [0.15, 0.2) is 22.7 Å². The van der Waals surface area contributed by atoms with Gasteiger partial charge in [0, 0.05) is 23.1 Å². The number of likely N-dealkylation sites (tertiary alicyclic amines) is 1. The van der Waals surface area contributed by atoms with Crippen LogP contribution < -0.4 is 5.32 Å². The maximum absolute atomic E-state index is 12.1. The third-order valence-electron chi connectivity index (χ3n) is 3.25. The number of nitrogens with one attached hydrogen (secondary N) is 1. The van der Waals surface area contributed by atoms with E-state index < -0.39 is 24.1 Å². The number of aliphatic hydroxyl groups is 1. The van der Waals surface area contributed by atoms with Crippen molar-refractivity contribution in [3.05, 3.63) is 28.2 Å². The van der Waals surface area contributed by atoms with Gasteiger partial charge in [-0.05, 0) is 24.6 Å². The minimum atomic E-state index is -1.11. The highest BCUT2D eigenvalue weighted by Crippen LogP contribution is 2.23. The molecule has 1 heterocycles. The molecular formula is C13H15BrN2O4. The standard InChI is InChI=1S/C13H15BrN2O4/c1-7-2-3-8(4-10(7)14)15-13(20)16-6-9(17)5-11(16)12(18)19/h2-4,9,11,17H,5-6H2,1H3,(H,15,20)(H,18,19)/t9-,11-/m1/s1. The number of hydrogen-bond donors (Lipinski definition) is 3. The first-order chi connectivity index (χ1) is 9.38. The molecule has 3 N–H and O–H groups in total. The van der Waals surface area contributed by atoms with Crippen LogP contribution in [0.3, 0.4) is 0 Å². The quantitative estimate of drug-likeness (QED) is 0.764. The van der Waals surface area contributed by atoms with E-state index in [1.54, 1.807) is 12.1 Å². The topological polar surface area (TPSA) is 89.9 Å². The summed E-state index contributed by atoms with van der Waals surface area (Å²) in [4.78, 5) is 24.3. The second kappa shape index (κ2) is 5.80. The van der Waals surface area contributed by atoms with Gasteiger partial charge in [-0.15, -0.1) is 0 Å². The zero-order valence-corrected chi connectivity index (χ0v) is 12.4. The Morgan fingerprint density at radius 1 is 1.45 bits per heavy atom. The number of β-amino-alcohol motifs (C(OH)–C–C–N with tert-alkyl or cyclic N) is 1.